The van der Waals surface area contributed by atoms with Gasteiger partial charge >= 0.3 is 0 Å². The molecule has 1 aromatic rings. The molecule has 0 atom stereocenters. The van der Waals surface area contributed by atoms with E-state index >= 15 is 0 Å². The van der Waals surface area contributed by atoms with E-state index in [-0.39, 0.29) is 6.61 Å². The van der Waals surface area contributed by atoms with E-state index in [0.717, 1.165) is 12.8 Å². The number of rotatable bonds is 2. The summed E-state index contributed by atoms with van der Waals surface area (Å²) >= 11 is 1.58. The van der Waals surface area contributed by atoms with E-state index in [0.29, 0.717) is 11.3 Å². The Labute approximate surface area is 81.2 Å². The van der Waals surface area contributed by atoms with Crippen LogP contribution in [0.25, 0.3) is 0 Å². The minimum Gasteiger partial charge on any atom is -0.395 e. The van der Waals surface area contributed by atoms with E-state index in [1.165, 1.54) is 23.4 Å². The molecule has 0 spiro atoms. The topological polar surface area (TPSA) is 49.0 Å². The summed E-state index contributed by atoms with van der Waals surface area (Å²) < 4.78 is 1.96. The third kappa shape index (κ3) is 1.56. The number of aliphatic hydroxyl groups excluding tert-OH is 1. The Morgan fingerprint density at radius 2 is 2.15 bits per heavy atom. The summed E-state index contributed by atoms with van der Waals surface area (Å²) in [7, 11) is 0. The Morgan fingerprint density at radius 1 is 1.38 bits per heavy atom. The first kappa shape index (κ1) is 8.97. The highest BCUT2D eigenvalue weighted by atomic mass is 32.1. The third-order valence-corrected chi connectivity index (χ3v) is 3.60. The fourth-order valence-electron chi connectivity index (χ4n) is 1.89. The van der Waals surface area contributed by atoms with E-state index in [1.807, 2.05) is 4.57 Å². The lowest BCUT2D eigenvalue weighted by Gasteiger charge is -2.13. The molecule has 72 valence electrons. The number of aryl methyl sites for hydroxylation is 1. The van der Waals surface area contributed by atoms with E-state index < -0.39 is 0 Å². The van der Waals surface area contributed by atoms with Crippen LogP contribution in [-0.4, -0.2) is 16.3 Å². The molecular weight excluding hydrogens is 184 g/mol. The van der Waals surface area contributed by atoms with Crippen LogP contribution in [0, 0.1) is 5.41 Å². The predicted molar refractivity (Wildman–Crippen MR) is 51.9 cm³/mol. The summed E-state index contributed by atoms with van der Waals surface area (Å²) in [4.78, 5) is 1.96. The van der Waals surface area contributed by atoms with Crippen molar-refractivity contribution in [2.24, 2.45) is 0 Å². The van der Waals surface area contributed by atoms with Gasteiger partial charge in [-0.15, -0.1) is 11.3 Å². The molecule has 0 unspecified atom stereocenters. The molecule has 1 aliphatic carbocycles. The molecule has 4 heteroatoms. The Balaban J connectivity index is 2.42. The molecule has 0 aliphatic heterocycles. The number of nitrogens with one attached hydrogen (secondary N) is 1. The molecule has 0 radical (unpaired) electrons. The van der Waals surface area contributed by atoms with Crippen LogP contribution < -0.4 is 4.80 Å². The molecular formula is C9H14N2OS. The number of hydrogen-bond donors (Lipinski definition) is 2. The third-order valence-electron chi connectivity index (χ3n) is 2.50. The summed E-state index contributed by atoms with van der Waals surface area (Å²) in [5.41, 5.74) is 1.30. The maximum absolute atomic E-state index is 8.86. The van der Waals surface area contributed by atoms with Crippen molar-refractivity contribution in [3.63, 3.8) is 0 Å². The maximum Gasteiger partial charge on any atom is 0.182 e. The number of hydrogen-bond acceptors (Lipinski definition) is 3. The quantitative estimate of drug-likeness (QED) is 0.729. The molecule has 0 aromatic carbocycles. The highest BCUT2D eigenvalue weighted by molar-refractivity contribution is 7.09. The van der Waals surface area contributed by atoms with Crippen LogP contribution in [0.4, 0.5) is 0 Å². The van der Waals surface area contributed by atoms with Crippen molar-refractivity contribution in [3.05, 3.63) is 15.4 Å². The second kappa shape index (κ2) is 3.64. The first-order valence-electron chi connectivity index (χ1n) is 4.70. The average molecular weight is 198 g/mol. The van der Waals surface area contributed by atoms with Gasteiger partial charge in [0.15, 0.2) is 4.80 Å². The predicted octanol–water partition coefficient (Wildman–Crippen LogP) is 0.900. The highest BCUT2D eigenvalue weighted by Crippen LogP contribution is 2.22. The summed E-state index contributed by atoms with van der Waals surface area (Å²) in [6.07, 6.45) is 4.70. The van der Waals surface area contributed by atoms with Gasteiger partial charge in [-0.25, -0.2) is 0 Å². The molecule has 3 nitrogen and oxygen atoms in total. The van der Waals surface area contributed by atoms with E-state index in [1.54, 1.807) is 11.3 Å². The first-order valence-corrected chi connectivity index (χ1v) is 5.51. The second-order valence-corrected chi connectivity index (χ2v) is 4.44. The summed E-state index contributed by atoms with van der Waals surface area (Å²) in [6, 6.07) is 0. The molecule has 1 aromatic heterocycles. The van der Waals surface area contributed by atoms with Gasteiger partial charge < -0.3 is 9.67 Å². The minimum atomic E-state index is 0.139. The second-order valence-electron chi connectivity index (χ2n) is 3.36. The van der Waals surface area contributed by atoms with Gasteiger partial charge in [0.2, 0.25) is 0 Å². The lowest BCUT2D eigenvalue weighted by Crippen LogP contribution is -2.19. The number of fused-ring (bicyclic) bond motifs is 1. The van der Waals surface area contributed by atoms with Gasteiger partial charge in [0.25, 0.3) is 0 Å². The fraction of sp³-hybridized carbons (Fsp3) is 0.667. The minimum absolute atomic E-state index is 0.139. The molecule has 0 fully saturated rings. The SMILES string of the molecule is N=c1sc2c(n1CCO)CCCC2. The first-order chi connectivity index (χ1) is 6.33. The highest BCUT2D eigenvalue weighted by Gasteiger charge is 2.15. The number of nitrogens with zero attached hydrogens (tertiary/aromatic N) is 1. The van der Waals surface area contributed by atoms with Gasteiger partial charge in [-0.3, -0.25) is 5.41 Å². The molecule has 0 saturated heterocycles. The Kier molecular flexibility index (Phi) is 2.51. The lowest BCUT2D eigenvalue weighted by molar-refractivity contribution is 0.272. The zero-order chi connectivity index (χ0) is 9.26. The van der Waals surface area contributed by atoms with E-state index in [9.17, 15) is 0 Å². The van der Waals surface area contributed by atoms with Crippen LogP contribution in [0.2, 0.25) is 0 Å². The van der Waals surface area contributed by atoms with Crippen molar-refractivity contribution < 1.29 is 5.11 Å². The number of thiazole rings is 1. The van der Waals surface area contributed by atoms with Crippen LogP contribution in [0.15, 0.2) is 0 Å². The number of aromatic nitrogens is 1. The van der Waals surface area contributed by atoms with Crippen LogP contribution in [0.5, 0.6) is 0 Å². The molecule has 2 rings (SSSR count). The van der Waals surface area contributed by atoms with Crippen LogP contribution in [0.3, 0.4) is 0 Å². The van der Waals surface area contributed by atoms with Gasteiger partial charge in [-0.05, 0) is 25.7 Å². The average Bonchev–Trinajstić information content (AvgIpc) is 2.44. The van der Waals surface area contributed by atoms with Gasteiger partial charge in [0.05, 0.1) is 6.61 Å². The van der Waals surface area contributed by atoms with Gasteiger partial charge in [0, 0.05) is 17.1 Å². The molecule has 0 amide bonds. The maximum atomic E-state index is 8.86. The normalized spacial score (nSPS) is 15.8. The molecule has 13 heavy (non-hydrogen) atoms. The van der Waals surface area contributed by atoms with E-state index in [2.05, 4.69) is 0 Å². The van der Waals surface area contributed by atoms with Gasteiger partial charge in [-0.1, -0.05) is 0 Å². The Hall–Kier alpha value is -0.610. The van der Waals surface area contributed by atoms with Crippen LogP contribution in [0.1, 0.15) is 23.4 Å². The molecule has 0 saturated carbocycles. The largest absolute Gasteiger partial charge is 0.395 e. The van der Waals surface area contributed by atoms with Gasteiger partial charge in [-0.2, -0.15) is 0 Å². The van der Waals surface area contributed by atoms with Crippen molar-refractivity contribution >= 4 is 11.3 Å². The van der Waals surface area contributed by atoms with Crippen molar-refractivity contribution in [1.82, 2.24) is 4.57 Å². The van der Waals surface area contributed by atoms with Crippen molar-refractivity contribution in [1.29, 1.82) is 5.41 Å². The molecule has 1 heterocycles. The monoisotopic (exact) mass is 198 g/mol. The van der Waals surface area contributed by atoms with Crippen molar-refractivity contribution in [3.8, 4) is 0 Å². The molecule has 1 aliphatic rings. The zero-order valence-corrected chi connectivity index (χ0v) is 8.36. The van der Waals surface area contributed by atoms with E-state index in [4.69, 9.17) is 10.5 Å². The molecule has 2 N–H and O–H groups in total. The summed E-state index contributed by atoms with van der Waals surface area (Å²) in [6.45, 7) is 0.727. The summed E-state index contributed by atoms with van der Waals surface area (Å²) in [5.74, 6) is 0. The van der Waals surface area contributed by atoms with Crippen LogP contribution in [-0.2, 0) is 19.4 Å². The number of aliphatic hydroxyl groups is 1. The van der Waals surface area contributed by atoms with Crippen molar-refractivity contribution in [2.45, 2.75) is 32.2 Å². The van der Waals surface area contributed by atoms with Crippen molar-refractivity contribution in [2.75, 3.05) is 6.61 Å². The van der Waals surface area contributed by atoms with Crippen LogP contribution >= 0.6 is 11.3 Å². The summed E-state index contributed by atoms with van der Waals surface area (Å²) in [5, 5.41) is 16.6. The fourth-order valence-corrected chi connectivity index (χ4v) is 3.01. The standard InChI is InChI=1S/C9H14N2OS/c10-9-11(5-6-12)7-3-1-2-4-8(7)13-9/h10,12H,1-6H2. The Bertz CT molecular complexity index is 353. The zero-order valence-electron chi connectivity index (χ0n) is 7.55. The smallest absolute Gasteiger partial charge is 0.182 e. The van der Waals surface area contributed by atoms with Gasteiger partial charge in [0.1, 0.15) is 0 Å². The lowest BCUT2D eigenvalue weighted by atomic mass is 10.0. The molecule has 0 bridgehead atoms. The Morgan fingerprint density at radius 3 is 2.92 bits per heavy atom.